The summed E-state index contributed by atoms with van der Waals surface area (Å²) in [6.45, 7) is 7.85. The molecule has 0 aliphatic rings. The van der Waals surface area contributed by atoms with Crippen LogP contribution in [0.5, 0.6) is 0 Å². The Balaban J connectivity index is 2.37. The minimum atomic E-state index is -3.81. The zero-order valence-corrected chi connectivity index (χ0v) is 15.5. The van der Waals surface area contributed by atoms with Crippen molar-refractivity contribution in [1.82, 2.24) is 0 Å². The molecule has 0 saturated carbocycles. The van der Waals surface area contributed by atoms with Crippen molar-refractivity contribution in [3.05, 3.63) is 64.6 Å². The Labute approximate surface area is 149 Å². The smallest absolute Gasteiger partial charge is 0.216 e. The molecule has 0 N–H and O–H groups in total. The van der Waals surface area contributed by atoms with Crippen molar-refractivity contribution in [1.29, 1.82) is 5.26 Å². The molecule has 130 valence electrons. The minimum Gasteiger partial charge on any atom is -0.372 e. The number of benzene rings is 2. The largest absolute Gasteiger partial charge is 0.372 e. The summed E-state index contributed by atoms with van der Waals surface area (Å²) in [5, 5.41) is 9.35. The summed E-state index contributed by atoms with van der Waals surface area (Å²) in [5.74, 6) is 0. The Bertz CT molecular complexity index is 886. The minimum absolute atomic E-state index is 0.130. The summed E-state index contributed by atoms with van der Waals surface area (Å²) >= 11 is 0. The highest BCUT2D eigenvalue weighted by atomic mass is 32.2. The topological polar surface area (TPSA) is 61.2 Å². The van der Waals surface area contributed by atoms with Crippen molar-refractivity contribution in [3.63, 3.8) is 0 Å². The van der Waals surface area contributed by atoms with Crippen molar-refractivity contribution in [2.24, 2.45) is 0 Å². The van der Waals surface area contributed by atoms with Gasteiger partial charge < -0.3 is 4.90 Å². The second-order valence-electron chi connectivity index (χ2n) is 5.70. The van der Waals surface area contributed by atoms with Gasteiger partial charge in [0, 0.05) is 18.8 Å². The van der Waals surface area contributed by atoms with E-state index in [0.717, 1.165) is 24.3 Å². The molecular weight excluding hydrogens is 332 g/mol. The number of allylic oxidation sites excluding steroid dienone is 1. The summed E-state index contributed by atoms with van der Waals surface area (Å²) in [4.78, 5) is 2.07. The van der Waals surface area contributed by atoms with Gasteiger partial charge in [-0.1, -0.05) is 29.8 Å². The third-order valence-corrected chi connectivity index (χ3v) is 5.73. The quantitative estimate of drug-likeness (QED) is 0.730. The highest BCUT2D eigenvalue weighted by molar-refractivity contribution is 7.95. The van der Waals surface area contributed by atoms with E-state index < -0.39 is 9.84 Å². The van der Waals surface area contributed by atoms with Crippen molar-refractivity contribution in [2.45, 2.75) is 25.7 Å². The number of sulfone groups is 1. The maximum Gasteiger partial charge on any atom is 0.216 e. The number of hydrogen-bond acceptors (Lipinski definition) is 4. The molecule has 0 heterocycles. The fourth-order valence-corrected chi connectivity index (χ4v) is 3.70. The van der Waals surface area contributed by atoms with Gasteiger partial charge in [-0.05, 0) is 56.7 Å². The first-order valence-corrected chi connectivity index (χ1v) is 9.69. The van der Waals surface area contributed by atoms with Gasteiger partial charge >= 0.3 is 0 Å². The zero-order chi connectivity index (χ0) is 18.4. The normalized spacial score (nSPS) is 11.8. The zero-order valence-electron chi connectivity index (χ0n) is 14.7. The second-order valence-corrected chi connectivity index (χ2v) is 7.62. The molecule has 0 radical (unpaired) electrons. The van der Waals surface area contributed by atoms with Crippen molar-refractivity contribution in [3.8, 4) is 6.07 Å². The molecule has 0 saturated heterocycles. The molecule has 0 aliphatic carbocycles. The van der Waals surface area contributed by atoms with E-state index in [-0.39, 0.29) is 9.80 Å². The van der Waals surface area contributed by atoms with Crippen LogP contribution in [0.4, 0.5) is 5.69 Å². The molecular formula is C20H22N2O2S. The maximum absolute atomic E-state index is 12.6. The number of rotatable bonds is 6. The lowest BCUT2D eigenvalue weighted by Gasteiger charge is -2.20. The lowest BCUT2D eigenvalue weighted by Crippen LogP contribution is -2.21. The monoisotopic (exact) mass is 354 g/mol. The molecule has 0 aliphatic heterocycles. The van der Waals surface area contributed by atoms with E-state index in [1.165, 1.54) is 18.2 Å². The van der Waals surface area contributed by atoms with E-state index in [9.17, 15) is 13.7 Å². The molecule has 2 aromatic rings. The van der Waals surface area contributed by atoms with Crippen LogP contribution in [0.3, 0.4) is 0 Å². The van der Waals surface area contributed by atoms with E-state index in [4.69, 9.17) is 0 Å². The first-order chi connectivity index (χ1) is 11.9. The van der Waals surface area contributed by atoms with Crippen molar-refractivity contribution >= 4 is 21.6 Å². The van der Waals surface area contributed by atoms with Gasteiger partial charge in [-0.15, -0.1) is 0 Å². The average molecular weight is 354 g/mol. The van der Waals surface area contributed by atoms with Gasteiger partial charge in [0.1, 0.15) is 11.0 Å². The summed E-state index contributed by atoms with van der Waals surface area (Å²) < 4.78 is 25.3. The maximum atomic E-state index is 12.6. The van der Waals surface area contributed by atoms with Gasteiger partial charge in [-0.3, -0.25) is 0 Å². The van der Waals surface area contributed by atoms with Crippen LogP contribution < -0.4 is 4.90 Å². The van der Waals surface area contributed by atoms with Crippen LogP contribution in [0.15, 0.2) is 58.3 Å². The first-order valence-electron chi connectivity index (χ1n) is 8.21. The fourth-order valence-electron chi connectivity index (χ4n) is 2.54. The number of aryl methyl sites for hydroxylation is 1. The number of nitriles is 1. The van der Waals surface area contributed by atoms with Crippen LogP contribution >= 0.6 is 0 Å². The van der Waals surface area contributed by atoms with Gasteiger partial charge in [0.25, 0.3) is 0 Å². The molecule has 0 bridgehead atoms. The SMILES string of the molecule is CCN(CC)c1ccc(/C=C(\C#N)S(=O)(=O)c2ccc(C)cc2)cc1. The summed E-state index contributed by atoms with van der Waals surface area (Å²) in [5.41, 5.74) is 2.72. The van der Waals surface area contributed by atoms with Gasteiger partial charge in [0.15, 0.2) is 0 Å². The van der Waals surface area contributed by atoms with Crippen LogP contribution in [-0.2, 0) is 9.84 Å². The molecule has 0 atom stereocenters. The molecule has 0 unspecified atom stereocenters. The number of anilines is 1. The number of hydrogen-bond donors (Lipinski definition) is 0. The van der Waals surface area contributed by atoms with Crippen molar-refractivity contribution < 1.29 is 8.42 Å². The predicted octanol–water partition coefficient (Wildman–Crippen LogP) is 4.18. The van der Waals surface area contributed by atoms with E-state index in [1.807, 2.05) is 37.3 Å². The average Bonchev–Trinajstić information content (AvgIpc) is 2.62. The molecule has 4 nitrogen and oxygen atoms in total. The Morgan fingerprint density at radius 1 is 1.04 bits per heavy atom. The van der Waals surface area contributed by atoms with E-state index in [2.05, 4.69) is 18.7 Å². The van der Waals surface area contributed by atoms with E-state index >= 15 is 0 Å². The molecule has 5 heteroatoms. The number of nitrogens with zero attached hydrogens (tertiary/aromatic N) is 2. The van der Waals surface area contributed by atoms with Crippen LogP contribution in [-0.4, -0.2) is 21.5 Å². The summed E-state index contributed by atoms with van der Waals surface area (Å²) in [6.07, 6.45) is 1.42. The standard InChI is InChI=1S/C20H22N2O2S/c1-4-22(5-2)18-10-8-17(9-11-18)14-20(15-21)25(23,24)19-12-6-16(3)7-13-19/h6-14H,4-5H2,1-3H3/b20-14+. The molecule has 0 spiro atoms. The Morgan fingerprint density at radius 2 is 1.60 bits per heavy atom. The van der Waals surface area contributed by atoms with Gasteiger partial charge in [0.05, 0.1) is 4.90 Å². The third kappa shape index (κ3) is 4.28. The first kappa shape index (κ1) is 18.8. The molecule has 0 aromatic heterocycles. The Hall–Kier alpha value is -2.58. The third-order valence-electron chi connectivity index (χ3n) is 4.05. The molecule has 25 heavy (non-hydrogen) atoms. The molecule has 0 amide bonds. The highest BCUT2D eigenvalue weighted by Gasteiger charge is 2.20. The van der Waals surface area contributed by atoms with Gasteiger partial charge in [-0.2, -0.15) is 5.26 Å². The predicted molar refractivity (Wildman–Crippen MR) is 102 cm³/mol. The molecule has 2 rings (SSSR count). The molecule has 2 aromatic carbocycles. The van der Waals surface area contributed by atoms with Crippen LogP contribution in [0, 0.1) is 18.3 Å². The van der Waals surface area contributed by atoms with E-state index in [1.54, 1.807) is 12.1 Å². The van der Waals surface area contributed by atoms with E-state index in [0.29, 0.717) is 5.56 Å². The lowest BCUT2D eigenvalue weighted by atomic mass is 10.2. The Morgan fingerprint density at radius 3 is 2.08 bits per heavy atom. The molecule has 0 fully saturated rings. The second kappa shape index (κ2) is 8.00. The van der Waals surface area contributed by atoms with Crippen LogP contribution in [0.2, 0.25) is 0 Å². The van der Waals surface area contributed by atoms with Crippen LogP contribution in [0.1, 0.15) is 25.0 Å². The van der Waals surface area contributed by atoms with Gasteiger partial charge in [-0.25, -0.2) is 8.42 Å². The Kier molecular flexibility index (Phi) is 6.00. The van der Waals surface area contributed by atoms with Gasteiger partial charge in [0.2, 0.25) is 9.84 Å². The summed E-state index contributed by atoms with van der Waals surface area (Å²) in [7, 11) is -3.81. The van der Waals surface area contributed by atoms with Crippen LogP contribution in [0.25, 0.3) is 6.08 Å². The lowest BCUT2D eigenvalue weighted by molar-refractivity contribution is 0.603. The fraction of sp³-hybridized carbons (Fsp3) is 0.250. The summed E-state index contributed by atoms with van der Waals surface area (Å²) in [6, 6.07) is 15.9. The van der Waals surface area contributed by atoms with Crippen molar-refractivity contribution in [2.75, 3.05) is 18.0 Å². The highest BCUT2D eigenvalue weighted by Crippen LogP contribution is 2.23.